The molecule has 24 heavy (non-hydrogen) atoms. The van der Waals surface area contributed by atoms with Crippen LogP contribution in [0, 0.1) is 0 Å². The lowest BCUT2D eigenvalue weighted by Crippen LogP contribution is -2.09. The molecule has 0 unspecified atom stereocenters. The Kier molecular flexibility index (Phi) is 30.7. The molecular weight excluding hydrogens is 320 g/mol. The van der Waals surface area contributed by atoms with Gasteiger partial charge in [0.2, 0.25) is 0 Å². The van der Waals surface area contributed by atoms with E-state index in [0.29, 0.717) is 39.6 Å². The summed E-state index contributed by atoms with van der Waals surface area (Å²) in [5.74, 6) is -0.567. The molecule has 8 nitrogen and oxygen atoms in total. The van der Waals surface area contributed by atoms with Crippen molar-refractivity contribution in [3.05, 3.63) is 0 Å². The molecule has 0 aromatic carbocycles. The van der Waals surface area contributed by atoms with Gasteiger partial charge in [-0.3, -0.25) is 9.59 Å². The lowest BCUT2D eigenvalue weighted by atomic mass is 10.4. The first-order valence-corrected chi connectivity index (χ1v) is 8.10. The number of carbonyl (C=O) groups is 2. The third-order valence-corrected chi connectivity index (χ3v) is 2.02. The van der Waals surface area contributed by atoms with Crippen LogP contribution in [-0.2, 0) is 28.5 Å². The minimum atomic E-state index is -0.312. The van der Waals surface area contributed by atoms with Crippen LogP contribution < -0.4 is 0 Å². The van der Waals surface area contributed by atoms with E-state index in [2.05, 4.69) is 16.4 Å². The highest BCUT2D eigenvalue weighted by Gasteiger charge is 1.91. The number of ether oxygens (including phenoxy) is 4. The first kappa shape index (κ1) is 27.6. The van der Waals surface area contributed by atoms with E-state index in [1.807, 2.05) is 6.92 Å². The predicted molar refractivity (Wildman–Crippen MR) is 89.7 cm³/mol. The number of esters is 2. The summed E-state index contributed by atoms with van der Waals surface area (Å²) >= 11 is 0. The van der Waals surface area contributed by atoms with Crippen LogP contribution in [0.3, 0.4) is 0 Å². The number of hydrogen-bond acceptors (Lipinski definition) is 8. The fourth-order valence-corrected chi connectivity index (χ4v) is 0.958. The standard InChI is InChI=1S/C6H12O4.C6H12O3.C4H10O/c1-6(8)10-5-4-9-3-2-7;1-3-8-4-5-9-6(2)7;1-2-3-4-5/h7H,2-5H2,1H3;3-5H2,1-2H3;5H,2-4H2,1H3. The molecule has 2 N–H and O–H groups in total. The van der Waals surface area contributed by atoms with E-state index in [1.54, 1.807) is 0 Å². The van der Waals surface area contributed by atoms with E-state index >= 15 is 0 Å². The molecule has 8 heteroatoms. The molecular formula is C16H34O8. The van der Waals surface area contributed by atoms with Crippen molar-refractivity contribution in [3.63, 3.8) is 0 Å². The Labute approximate surface area is 145 Å². The van der Waals surface area contributed by atoms with Crippen molar-refractivity contribution in [2.45, 2.75) is 40.5 Å². The predicted octanol–water partition coefficient (Wildman–Crippen LogP) is 0.923. The second-order valence-electron chi connectivity index (χ2n) is 4.29. The second kappa shape index (κ2) is 26.7. The molecule has 0 aromatic heterocycles. The number of aliphatic hydroxyl groups excluding tert-OH is 2. The van der Waals surface area contributed by atoms with Crippen molar-refractivity contribution in [1.29, 1.82) is 0 Å². The topological polar surface area (TPSA) is 112 Å². The molecule has 0 heterocycles. The summed E-state index contributed by atoms with van der Waals surface area (Å²) < 4.78 is 18.8. The van der Waals surface area contributed by atoms with Crippen LogP contribution in [0.2, 0.25) is 0 Å². The van der Waals surface area contributed by atoms with Gasteiger partial charge in [-0.05, 0) is 13.3 Å². The monoisotopic (exact) mass is 354 g/mol. The summed E-state index contributed by atoms with van der Waals surface area (Å²) in [7, 11) is 0. The van der Waals surface area contributed by atoms with E-state index in [4.69, 9.17) is 19.7 Å². The fourth-order valence-electron chi connectivity index (χ4n) is 0.958. The van der Waals surface area contributed by atoms with Crippen molar-refractivity contribution >= 4 is 11.9 Å². The zero-order chi connectivity index (χ0) is 19.1. The van der Waals surface area contributed by atoms with Crippen LogP contribution in [0.5, 0.6) is 0 Å². The molecule has 0 radical (unpaired) electrons. The molecule has 0 rings (SSSR count). The van der Waals surface area contributed by atoms with Crippen molar-refractivity contribution in [2.75, 3.05) is 52.9 Å². The zero-order valence-corrected chi connectivity index (χ0v) is 15.4. The molecule has 0 saturated carbocycles. The van der Waals surface area contributed by atoms with Crippen molar-refractivity contribution in [2.24, 2.45) is 0 Å². The van der Waals surface area contributed by atoms with Gasteiger partial charge in [-0.25, -0.2) is 0 Å². The first-order valence-electron chi connectivity index (χ1n) is 8.10. The van der Waals surface area contributed by atoms with E-state index < -0.39 is 0 Å². The number of aliphatic hydroxyl groups is 2. The molecule has 146 valence electrons. The van der Waals surface area contributed by atoms with Crippen LogP contribution >= 0.6 is 0 Å². The molecule has 0 aliphatic carbocycles. The van der Waals surface area contributed by atoms with Gasteiger partial charge in [0.05, 0.1) is 26.4 Å². The third kappa shape index (κ3) is 42.8. The Balaban J connectivity index is -0.000000291. The lowest BCUT2D eigenvalue weighted by Gasteiger charge is -2.01. The Morgan fingerprint density at radius 2 is 1.25 bits per heavy atom. The molecule has 0 aliphatic heterocycles. The number of rotatable bonds is 11. The highest BCUT2D eigenvalue weighted by atomic mass is 16.6. The number of carbonyl (C=O) groups excluding carboxylic acids is 2. The fraction of sp³-hybridized carbons (Fsp3) is 0.875. The molecule has 0 spiro atoms. The summed E-state index contributed by atoms with van der Waals surface area (Å²) in [6.07, 6.45) is 2.04. The number of hydrogen-bond donors (Lipinski definition) is 2. The quantitative estimate of drug-likeness (QED) is 0.416. The molecule has 0 fully saturated rings. The molecule has 0 bridgehead atoms. The van der Waals surface area contributed by atoms with Crippen molar-refractivity contribution in [3.8, 4) is 0 Å². The molecule has 0 atom stereocenters. The van der Waals surface area contributed by atoms with Gasteiger partial charge in [0.25, 0.3) is 0 Å². The average Bonchev–Trinajstić information content (AvgIpc) is 2.53. The lowest BCUT2D eigenvalue weighted by molar-refractivity contribution is -0.143. The summed E-state index contributed by atoms with van der Waals surface area (Å²) in [5, 5.41) is 16.3. The Morgan fingerprint density at radius 1 is 0.750 bits per heavy atom. The maximum Gasteiger partial charge on any atom is 0.302 e. The van der Waals surface area contributed by atoms with Gasteiger partial charge in [-0.2, -0.15) is 0 Å². The van der Waals surface area contributed by atoms with E-state index in [1.165, 1.54) is 13.8 Å². The SMILES string of the molecule is CC(=O)OCCOCCO.CCCCO.CCOCCOC(C)=O. The minimum Gasteiger partial charge on any atom is -0.463 e. The Bertz CT molecular complexity index is 256. The maximum atomic E-state index is 10.1. The van der Waals surface area contributed by atoms with Crippen molar-refractivity contribution < 1.29 is 38.7 Å². The van der Waals surface area contributed by atoms with E-state index in [9.17, 15) is 9.59 Å². The second-order valence-corrected chi connectivity index (χ2v) is 4.29. The van der Waals surface area contributed by atoms with Crippen LogP contribution in [0.25, 0.3) is 0 Å². The molecule has 0 aromatic rings. The van der Waals surface area contributed by atoms with Gasteiger partial charge in [0.15, 0.2) is 0 Å². The highest BCUT2D eigenvalue weighted by Crippen LogP contribution is 1.79. The maximum absolute atomic E-state index is 10.1. The Hall–Kier alpha value is -1.22. The van der Waals surface area contributed by atoms with Gasteiger partial charge in [0.1, 0.15) is 13.2 Å². The van der Waals surface area contributed by atoms with Gasteiger partial charge < -0.3 is 29.2 Å². The average molecular weight is 354 g/mol. The summed E-state index contributed by atoms with van der Waals surface area (Å²) in [4.78, 5) is 20.3. The Morgan fingerprint density at radius 3 is 1.54 bits per heavy atom. The van der Waals surface area contributed by atoms with Crippen LogP contribution in [0.1, 0.15) is 40.5 Å². The largest absolute Gasteiger partial charge is 0.463 e. The molecule has 0 aliphatic rings. The summed E-state index contributed by atoms with van der Waals surface area (Å²) in [6.45, 7) is 9.44. The first-order chi connectivity index (χ1) is 11.5. The van der Waals surface area contributed by atoms with Crippen molar-refractivity contribution in [1.82, 2.24) is 0 Å². The minimum absolute atomic E-state index is 0.0000709. The zero-order valence-electron chi connectivity index (χ0n) is 15.4. The highest BCUT2D eigenvalue weighted by molar-refractivity contribution is 5.66. The van der Waals surface area contributed by atoms with Crippen LogP contribution in [-0.4, -0.2) is 75.0 Å². The van der Waals surface area contributed by atoms with E-state index in [-0.39, 0.29) is 25.2 Å². The van der Waals surface area contributed by atoms with Gasteiger partial charge in [-0.1, -0.05) is 13.3 Å². The van der Waals surface area contributed by atoms with Gasteiger partial charge in [-0.15, -0.1) is 0 Å². The van der Waals surface area contributed by atoms with E-state index in [0.717, 1.165) is 12.8 Å². The van der Waals surface area contributed by atoms with Crippen LogP contribution in [0.4, 0.5) is 0 Å². The third-order valence-electron chi connectivity index (χ3n) is 2.02. The van der Waals surface area contributed by atoms with Gasteiger partial charge >= 0.3 is 11.9 Å². The molecule has 0 saturated heterocycles. The van der Waals surface area contributed by atoms with Crippen LogP contribution in [0.15, 0.2) is 0 Å². The van der Waals surface area contributed by atoms with Gasteiger partial charge in [0, 0.05) is 27.1 Å². The summed E-state index contributed by atoms with van der Waals surface area (Å²) in [5.41, 5.74) is 0. The normalized spacial score (nSPS) is 9.08. The smallest absolute Gasteiger partial charge is 0.302 e. The molecule has 0 amide bonds. The summed E-state index contributed by atoms with van der Waals surface area (Å²) in [6, 6.07) is 0. The number of unbranched alkanes of at least 4 members (excludes halogenated alkanes) is 1.